The number of hydrogen-bond donors (Lipinski definition) is 1. The summed E-state index contributed by atoms with van der Waals surface area (Å²) in [6.45, 7) is 13.1. The van der Waals surface area contributed by atoms with Crippen molar-refractivity contribution in [2.75, 3.05) is 18.4 Å². The predicted octanol–water partition coefficient (Wildman–Crippen LogP) is 9.83. The fourth-order valence-corrected chi connectivity index (χ4v) is 5.54. The fraction of sp³-hybridized carbons (Fsp3) is 0.237. The minimum atomic E-state index is 0.575. The summed E-state index contributed by atoms with van der Waals surface area (Å²) < 4.78 is 2.39. The lowest BCUT2D eigenvalue weighted by Crippen LogP contribution is -2.19. The van der Waals surface area contributed by atoms with Crippen LogP contribution in [0.2, 0.25) is 0 Å². The lowest BCUT2D eigenvalue weighted by molar-refractivity contribution is -0.519. The smallest absolute Gasteiger partial charge is 0.199 e. The molecule has 0 saturated heterocycles. The summed E-state index contributed by atoms with van der Waals surface area (Å²) in [6.07, 6.45) is 10.2. The van der Waals surface area contributed by atoms with Crippen molar-refractivity contribution in [2.45, 2.75) is 47.0 Å². The molecule has 0 aliphatic heterocycles. The van der Waals surface area contributed by atoms with Crippen molar-refractivity contribution in [1.29, 1.82) is 0 Å². The van der Waals surface area contributed by atoms with Crippen LogP contribution in [0.3, 0.4) is 0 Å². The molecule has 0 saturated carbocycles. The molecule has 1 aliphatic carbocycles. The zero-order valence-corrected chi connectivity index (χ0v) is 24.5. The minimum Gasteiger partial charge on any atom is -0.355 e. The molecule has 1 unspecified atom stereocenters. The van der Waals surface area contributed by atoms with Gasteiger partial charge in [-0.2, -0.15) is 0 Å². The van der Waals surface area contributed by atoms with Gasteiger partial charge in [-0.05, 0) is 96.7 Å². The Morgan fingerprint density at radius 2 is 1.38 bits per heavy atom. The van der Waals surface area contributed by atoms with Gasteiger partial charge in [0.25, 0.3) is 0 Å². The number of rotatable bonds is 8. The highest BCUT2D eigenvalue weighted by molar-refractivity contribution is 6.07. The summed E-state index contributed by atoms with van der Waals surface area (Å²) in [5.74, 6) is 0.575. The van der Waals surface area contributed by atoms with Crippen LogP contribution in [0.4, 0.5) is 11.4 Å². The van der Waals surface area contributed by atoms with E-state index in [1.54, 1.807) is 0 Å². The number of nitrogens with one attached hydrogen (secondary N) is 1. The van der Waals surface area contributed by atoms with E-state index in [9.17, 15) is 0 Å². The van der Waals surface area contributed by atoms with Gasteiger partial charge in [0.1, 0.15) is 13.1 Å². The summed E-state index contributed by atoms with van der Waals surface area (Å²) in [5, 5.41) is 6.16. The van der Waals surface area contributed by atoms with Gasteiger partial charge in [-0.15, -0.1) is 0 Å². The Kier molecular flexibility index (Phi) is 8.45. The maximum absolute atomic E-state index is 3.70. The lowest BCUT2D eigenvalue weighted by atomic mass is 9.87. The van der Waals surface area contributed by atoms with Gasteiger partial charge in [-0.1, -0.05) is 86.1 Å². The Morgan fingerprint density at radius 1 is 0.725 bits per heavy atom. The average Bonchev–Trinajstić information content (AvgIpc) is 3.00. The third kappa shape index (κ3) is 5.72. The monoisotopic (exact) mass is 525 g/mol. The third-order valence-electron chi connectivity index (χ3n) is 8.19. The molecule has 2 nitrogen and oxygen atoms in total. The van der Waals surface area contributed by atoms with E-state index in [1.165, 1.54) is 49.9 Å². The highest BCUT2D eigenvalue weighted by Crippen LogP contribution is 2.38. The van der Waals surface area contributed by atoms with Crippen molar-refractivity contribution in [3.8, 4) is 0 Å². The third-order valence-corrected chi connectivity index (χ3v) is 8.19. The minimum absolute atomic E-state index is 0.575. The number of allylic oxidation sites excluding steroid dienone is 5. The van der Waals surface area contributed by atoms with Crippen LogP contribution in [0, 0.1) is 6.92 Å². The molecule has 0 amide bonds. The molecule has 0 spiro atoms. The Bertz CT molecular complexity index is 1590. The zero-order valence-electron chi connectivity index (χ0n) is 24.5. The van der Waals surface area contributed by atoms with Crippen molar-refractivity contribution in [3.05, 3.63) is 137 Å². The first-order valence-corrected chi connectivity index (χ1v) is 14.7. The quantitative estimate of drug-likeness (QED) is 0.226. The standard InChI is InChI=1S/C38H40N2/c1-6-28(5)29-17-21-32(22-18-29)39-37-26-25-36(34-11-9-10-12-35(34)37)38(30-15-13-27(4)14-16-30)31-19-23-33(24-20-31)40(7-2)8-3/h9-26,28H,6-8H2,1-5H3/p+1. The second-order valence-electron chi connectivity index (χ2n) is 10.7. The number of nitrogens with zero attached hydrogens (tertiary/aromatic N) is 1. The summed E-state index contributed by atoms with van der Waals surface area (Å²) in [4.78, 5) is 0. The first-order valence-electron chi connectivity index (χ1n) is 14.7. The van der Waals surface area contributed by atoms with Crippen LogP contribution in [-0.4, -0.2) is 23.4 Å². The molecule has 4 aromatic rings. The van der Waals surface area contributed by atoms with Gasteiger partial charge in [0, 0.05) is 28.9 Å². The number of aryl methyl sites for hydroxylation is 1. The molecule has 0 bridgehead atoms. The van der Waals surface area contributed by atoms with Crippen LogP contribution in [-0.2, 0) is 0 Å². The number of fused-ring (bicyclic) bond motifs is 1. The van der Waals surface area contributed by atoms with E-state index in [1.807, 2.05) is 0 Å². The summed E-state index contributed by atoms with van der Waals surface area (Å²) in [5.41, 5.74) is 11.1. The predicted molar refractivity (Wildman–Crippen MR) is 174 cm³/mol. The molecule has 202 valence electrons. The van der Waals surface area contributed by atoms with E-state index in [0.29, 0.717) is 5.92 Å². The Labute approximate surface area is 240 Å². The average molecular weight is 526 g/mol. The molecular formula is C38H41N2+. The Hall–Kier alpha value is -4.17. The van der Waals surface area contributed by atoms with Crippen LogP contribution < -0.4 is 5.32 Å². The maximum atomic E-state index is 3.70. The van der Waals surface area contributed by atoms with E-state index in [-0.39, 0.29) is 0 Å². The molecule has 5 rings (SSSR count). The first kappa shape index (κ1) is 27.4. The van der Waals surface area contributed by atoms with Gasteiger partial charge in [0.05, 0.1) is 0 Å². The van der Waals surface area contributed by atoms with Crippen molar-refractivity contribution in [3.63, 3.8) is 0 Å². The van der Waals surface area contributed by atoms with Crippen LogP contribution in [0.1, 0.15) is 62.3 Å². The highest BCUT2D eigenvalue weighted by Gasteiger charge is 2.17. The maximum Gasteiger partial charge on any atom is 0.199 e. The zero-order chi connectivity index (χ0) is 28.1. The SMILES string of the molecule is CCC(C)c1ccc(Nc2ccc(C(=C3C=CC(=[N+](CC)CC)C=C3)c3ccc(C)cc3)c3ccccc23)cc1. The Balaban J connectivity index is 1.62. The van der Waals surface area contributed by atoms with Gasteiger partial charge in [-0.3, -0.25) is 0 Å². The lowest BCUT2D eigenvalue weighted by Gasteiger charge is -2.19. The number of anilines is 2. The number of benzene rings is 4. The molecule has 1 atom stereocenters. The first-order chi connectivity index (χ1) is 19.5. The van der Waals surface area contributed by atoms with E-state index in [2.05, 4.69) is 154 Å². The van der Waals surface area contributed by atoms with Crippen molar-refractivity contribution >= 4 is 33.4 Å². The largest absolute Gasteiger partial charge is 0.355 e. The van der Waals surface area contributed by atoms with E-state index >= 15 is 0 Å². The molecule has 2 heteroatoms. The topological polar surface area (TPSA) is 15.0 Å². The van der Waals surface area contributed by atoms with E-state index < -0.39 is 0 Å². The van der Waals surface area contributed by atoms with Gasteiger partial charge >= 0.3 is 0 Å². The van der Waals surface area contributed by atoms with Gasteiger partial charge < -0.3 is 5.32 Å². The van der Waals surface area contributed by atoms with Crippen LogP contribution in [0.15, 0.2) is 115 Å². The molecule has 4 aromatic carbocycles. The Morgan fingerprint density at radius 3 is 2.00 bits per heavy atom. The molecule has 0 radical (unpaired) electrons. The molecular weight excluding hydrogens is 484 g/mol. The van der Waals surface area contributed by atoms with Crippen LogP contribution >= 0.6 is 0 Å². The van der Waals surface area contributed by atoms with E-state index in [0.717, 1.165) is 30.9 Å². The normalized spacial score (nSPS) is 13.5. The second kappa shape index (κ2) is 12.3. The molecule has 0 heterocycles. The molecule has 1 N–H and O–H groups in total. The van der Waals surface area contributed by atoms with Gasteiger partial charge in [0.15, 0.2) is 5.71 Å². The van der Waals surface area contributed by atoms with Crippen LogP contribution in [0.25, 0.3) is 16.3 Å². The second-order valence-corrected chi connectivity index (χ2v) is 10.7. The summed E-state index contributed by atoms with van der Waals surface area (Å²) >= 11 is 0. The van der Waals surface area contributed by atoms with Crippen molar-refractivity contribution < 1.29 is 4.58 Å². The van der Waals surface area contributed by atoms with E-state index in [4.69, 9.17) is 0 Å². The van der Waals surface area contributed by atoms with Gasteiger partial charge in [-0.25, -0.2) is 4.58 Å². The highest BCUT2D eigenvalue weighted by atomic mass is 15.0. The number of hydrogen-bond acceptors (Lipinski definition) is 1. The van der Waals surface area contributed by atoms with Crippen molar-refractivity contribution in [1.82, 2.24) is 0 Å². The van der Waals surface area contributed by atoms with Crippen LogP contribution in [0.5, 0.6) is 0 Å². The molecule has 40 heavy (non-hydrogen) atoms. The van der Waals surface area contributed by atoms with Crippen molar-refractivity contribution in [2.24, 2.45) is 0 Å². The fourth-order valence-electron chi connectivity index (χ4n) is 5.54. The summed E-state index contributed by atoms with van der Waals surface area (Å²) in [7, 11) is 0. The molecule has 1 aliphatic rings. The van der Waals surface area contributed by atoms with Gasteiger partial charge in [0.2, 0.25) is 0 Å². The summed E-state index contributed by atoms with van der Waals surface area (Å²) in [6, 6.07) is 31.1. The molecule has 0 aromatic heterocycles. The molecule has 0 fully saturated rings.